The molecule has 0 bridgehead atoms. The first-order valence-corrected chi connectivity index (χ1v) is 5.47. The Morgan fingerprint density at radius 1 is 1.38 bits per heavy atom. The van der Waals surface area contributed by atoms with Crippen molar-refractivity contribution in [2.45, 2.75) is 45.8 Å². The van der Waals surface area contributed by atoms with Gasteiger partial charge < -0.3 is 4.74 Å². The second-order valence-corrected chi connectivity index (χ2v) is 5.14. The van der Waals surface area contributed by atoms with E-state index in [0.717, 1.165) is 13.2 Å². The van der Waals surface area contributed by atoms with Crippen molar-refractivity contribution in [1.29, 1.82) is 0 Å². The van der Waals surface area contributed by atoms with Crippen molar-refractivity contribution in [3.8, 4) is 0 Å². The van der Waals surface area contributed by atoms with E-state index in [1.165, 1.54) is 19.4 Å². The van der Waals surface area contributed by atoms with Gasteiger partial charge in [-0.25, -0.2) is 0 Å². The molecule has 0 amide bonds. The number of rotatable bonds is 1. The van der Waals surface area contributed by atoms with E-state index in [1.54, 1.807) is 0 Å². The maximum Gasteiger partial charge on any atom is 0.0674 e. The quantitative estimate of drug-likeness (QED) is 0.615. The first kappa shape index (κ1) is 9.47. The molecule has 1 atom stereocenters. The van der Waals surface area contributed by atoms with Gasteiger partial charge in [-0.15, -0.1) is 0 Å². The van der Waals surface area contributed by atoms with Crippen LogP contribution in [0.1, 0.15) is 33.6 Å². The summed E-state index contributed by atoms with van der Waals surface area (Å²) in [6, 6.07) is 0.668. The number of hydrogen-bond acceptors (Lipinski definition) is 2. The van der Waals surface area contributed by atoms with Crippen molar-refractivity contribution in [3.05, 3.63) is 0 Å². The zero-order chi connectivity index (χ0) is 9.47. The normalized spacial score (nSPS) is 33.7. The van der Waals surface area contributed by atoms with Crippen molar-refractivity contribution < 1.29 is 4.74 Å². The Balaban J connectivity index is 2.01. The van der Waals surface area contributed by atoms with E-state index < -0.39 is 0 Å². The van der Waals surface area contributed by atoms with Crippen LogP contribution >= 0.6 is 0 Å². The van der Waals surface area contributed by atoms with Crippen LogP contribution in [0.5, 0.6) is 0 Å². The van der Waals surface area contributed by atoms with Crippen LogP contribution < -0.4 is 0 Å². The van der Waals surface area contributed by atoms with Gasteiger partial charge in [0.05, 0.1) is 12.7 Å². The molecule has 1 heterocycles. The van der Waals surface area contributed by atoms with Gasteiger partial charge in [-0.05, 0) is 33.6 Å². The van der Waals surface area contributed by atoms with Crippen LogP contribution in [0.25, 0.3) is 0 Å². The molecule has 0 aromatic rings. The van der Waals surface area contributed by atoms with Gasteiger partial charge in [0, 0.05) is 24.5 Å². The van der Waals surface area contributed by atoms with Gasteiger partial charge in [0.25, 0.3) is 0 Å². The Bertz CT molecular complexity index is 187. The molecule has 2 aliphatic rings. The van der Waals surface area contributed by atoms with Crippen LogP contribution in [0.4, 0.5) is 0 Å². The lowest BCUT2D eigenvalue weighted by Gasteiger charge is -2.27. The smallest absolute Gasteiger partial charge is 0.0674 e. The molecule has 0 aromatic carbocycles. The van der Waals surface area contributed by atoms with Gasteiger partial charge in [0.15, 0.2) is 0 Å². The highest BCUT2D eigenvalue weighted by atomic mass is 16.5. The standard InChI is InChI=1S/C11H21NO/c1-9(2)12-6-10(3)13-8-11(7-12)4-5-11/h9-10H,4-8H2,1-3H3/t10-/m1/s1. The molecule has 1 saturated heterocycles. The molecule has 0 unspecified atom stereocenters. The minimum absolute atomic E-state index is 0.419. The second-order valence-electron chi connectivity index (χ2n) is 5.14. The summed E-state index contributed by atoms with van der Waals surface area (Å²) >= 11 is 0. The average Bonchev–Trinajstić information content (AvgIpc) is 2.82. The van der Waals surface area contributed by atoms with Gasteiger partial charge in [-0.1, -0.05) is 0 Å². The van der Waals surface area contributed by atoms with E-state index in [1.807, 2.05) is 0 Å². The van der Waals surface area contributed by atoms with Crippen molar-refractivity contribution in [2.24, 2.45) is 5.41 Å². The van der Waals surface area contributed by atoms with E-state index in [9.17, 15) is 0 Å². The molecule has 0 radical (unpaired) electrons. The van der Waals surface area contributed by atoms with E-state index >= 15 is 0 Å². The fraction of sp³-hybridized carbons (Fsp3) is 1.00. The number of hydrogen-bond donors (Lipinski definition) is 0. The Morgan fingerprint density at radius 3 is 2.62 bits per heavy atom. The molecule has 1 aliphatic heterocycles. The fourth-order valence-electron chi connectivity index (χ4n) is 2.12. The van der Waals surface area contributed by atoms with Gasteiger partial charge in [0.1, 0.15) is 0 Å². The first-order chi connectivity index (χ1) is 6.11. The van der Waals surface area contributed by atoms with E-state index in [2.05, 4.69) is 25.7 Å². The molecule has 0 aromatic heterocycles. The highest BCUT2D eigenvalue weighted by Gasteiger charge is 2.46. The monoisotopic (exact) mass is 183 g/mol. The molecule has 1 aliphatic carbocycles. The van der Waals surface area contributed by atoms with Gasteiger partial charge in [0.2, 0.25) is 0 Å². The maximum absolute atomic E-state index is 5.82. The fourth-order valence-corrected chi connectivity index (χ4v) is 2.12. The van der Waals surface area contributed by atoms with Crippen LogP contribution in [0.3, 0.4) is 0 Å². The highest BCUT2D eigenvalue weighted by Crippen LogP contribution is 2.47. The lowest BCUT2D eigenvalue weighted by Crippen LogP contribution is -2.38. The summed E-state index contributed by atoms with van der Waals surface area (Å²) in [6.45, 7) is 10.1. The van der Waals surface area contributed by atoms with Crippen LogP contribution in [0.2, 0.25) is 0 Å². The lowest BCUT2D eigenvalue weighted by atomic mass is 10.1. The first-order valence-electron chi connectivity index (χ1n) is 5.47. The molecule has 13 heavy (non-hydrogen) atoms. The topological polar surface area (TPSA) is 12.5 Å². The van der Waals surface area contributed by atoms with Crippen molar-refractivity contribution in [1.82, 2.24) is 4.90 Å². The lowest BCUT2D eigenvalue weighted by molar-refractivity contribution is 0.0493. The number of nitrogens with zero attached hydrogens (tertiary/aromatic N) is 1. The molecule has 2 heteroatoms. The van der Waals surface area contributed by atoms with Crippen LogP contribution in [-0.4, -0.2) is 36.7 Å². The molecule has 1 saturated carbocycles. The van der Waals surface area contributed by atoms with Gasteiger partial charge in [-0.3, -0.25) is 4.90 Å². The van der Waals surface area contributed by atoms with E-state index in [4.69, 9.17) is 4.74 Å². The molecule has 1 spiro atoms. The SMILES string of the molecule is CC(C)N1C[C@@H](C)OCC2(CC2)C1. The summed E-state index contributed by atoms with van der Waals surface area (Å²) in [6.07, 6.45) is 3.17. The molecule has 2 rings (SSSR count). The third-order valence-corrected chi connectivity index (χ3v) is 3.39. The molecule has 0 N–H and O–H groups in total. The minimum Gasteiger partial charge on any atom is -0.377 e. The molecule has 2 nitrogen and oxygen atoms in total. The molecular formula is C11H21NO. The maximum atomic E-state index is 5.82. The Labute approximate surface area is 81.3 Å². The van der Waals surface area contributed by atoms with Crippen molar-refractivity contribution in [2.75, 3.05) is 19.7 Å². The van der Waals surface area contributed by atoms with Crippen LogP contribution in [0, 0.1) is 5.41 Å². The summed E-state index contributed by atoms with van der Waals surface area (Å²) in [4.78, 5) is 2.57. The molecule has 2 fully saturated rings. The summed E-state index contributed by atoms with van der Waals surface area (Å²) in [5.41, 5.74) is 0.551. The summed E-state index contributed by atoms with van der Waals surface area (Å²) < 4.78 is 5.82. The third-order valence-electron chi connectivity index (χ3n) is 3.39. The summed E-state index contributed by atoms with van der Waals surface area (Å²) in [5.74, 6) is 0. The van der Waals surface area contributed by atoms with Gasteiger partial charge >= 0.3 is 0 Å². The Hall–Kier alpha value is -0.0800. The zero-order valence-corrected chi connectivity index (χ0v) is 9.05. The molecular weight excluding hydrogens is 162 g/mol. The van der Waals surface area contributed by atoms with E-state index in [-0.39, 0.29) is 0 Å². The van der Waals surface area contributed by atoms with Crippen LogP contribution in [-0.2, 0) is 4.74 Å². The van der Waals surface area contributed by atoms with Gasteiger partial charge in [-0.2, -0.15) is 0 Å². The third kappa shape index (κ3) is 2.05. The average molecular weight is 183 g/mol. The van der Waals surface area contributed by atoms with Crippen LogP contribution in [0.15, 0.2) is 0 Å². The zero-order valence-electron chi connectivity index (χ0n) is 9.05. The van der Waals surface area contributed by atoms with Crippen molar-refractivity contribution >= 4 is 0 Å². The van der Waals surface area contributed by atoms with E-state index in [0.29, 0.717) is 17.6 Å². The number of ether oxygens (including phenoxy) is 1. The van der Waals surface area contributed by atoms with Crippen molar-refractivity contribution in [3.63, 3.8) is 0 Å². The second kappa shape index (κ2) is 3.25. The predicted molar refractivity (Wildman–Crippen MR) is 53.8 cm³/mol. The largest absolute Gasteiger partial charge is 0.377 e. The summed E-state index contributed by atoms with van der Waals surface area (Å²) in [7, 11) is 0. The summed E-state index contributed by atoms with van der Waals surface area (Å²) in [5, 5.41) is 0. The molecule has 76 valence electrons. The minimum atomic E-state index is 0.419. The Morgan fingerprint density at radius 2 is 2.08 bits per heavy atom. The predicted octanol–water partition coefficient (Wildman–Crippen LogP) is 1.90. The highest BCUT2D eigenvalue weighted by molar-refractivity contribution is 4.97. The Kier molecular flexibility index (Phi) is 2.37.